The highest BCUT2D eigenvalue weighted by atomic mass is 16.3. The molecule has 2 aliphatic rings. The second-order valence-electron chi connectivity index (χ2n) is 6.11. The lowest BCUT2D eigenvalue weighted by molar-refractivity contribution is -0.160. The van der Waals surface area contributed by atoms with Gasteiger partial charge in [-0.15, -0.1) is 0 Å². The highest BCUT2D eigenvalue weighted by Crippen LogP contribution is 2.30. The van der Waals surface area contributed by atoms with E-state index < -0.39 is 5.60 Å². The van der Waals surface area contributed by atoms with E-state index in [1.54, 1.807) is 4.90 Å². The number of aliphatic hydroxyl groups is 1. The van der Waals surface area contributed by atoms with Crippen LogP contribution in [0.4, 0.5) is 5.69 Å². The largest absolute Gasteiger partial charge is 0.386 e. The minimum Gasteiger partial charge on any atom is -0.386 e. The van der Waals surface area contributed by atoms with E-state index in [2.05, 4.69) is 24.4 Å². The van der Waals surface area contributed by atoms with Crippen molar-refractivity contribution in [2.75, 3.05) is 25.0 Å². The number of nitrogens with zero attached hydrogens (tertiary/aromatic N) is 1. The highest BCUT2D eigenvalue weighted by Gasteiger charge is 2.44. The van der Waals surface area contributed by atoms with Crippen LogP contribution in [-0.4, -0.2) is 41.1 Å². The first kappa shape index (κ1) is 13.4. The molecule has 0 aromatic heterocycles. The maximum Gasteiger partial charge on any atom is 0.228 e. The molecule has 0 bridgehead atoms. The van der Waals surface area contributed by atoms with Gasteiger partial charge in [-0.25, -0.2) is 0 Å². The SMILES string of the molecule is CCCC1(O)CN(C(=O)C2CNc3ccccc3C2)C1. The molecule has 2 heterocycles. The van der Waals surface area contributed by atoms with Gasteiger partial charge in [-0.2, -0.15) is 0 Å². The molecule has 0 saturated carbocycles. The molecule has 1 amide bonds. The summed E-state index contributed by atoms with van der Waals surface area (Å²) in [5.41, 5.74) is 1.72. The number of benzene rings is 1. The molecule has 4 nitrogen and oxygen atoms in total. The first-order valence-corrected chi connectivity index (χ1v) is 7.44. The fourth-order valence-electron chi connectivity index (χ4n) is 3.32. The molecule has 1 saturated heterocycles. The lowest BCUT2D eigenvalue weighted by Crippen LogP contribution is -2.64. The van der Waals surface area contributed by atoms with Crippen LogP contribution in [0.1, 0.15) is 25.3 Å². The zero-order valence-corrected chi connectivity index (χ0v) is 11.9. The summed E-state index contributed by atoms with van der Waals surface area (Å²) in [6.07, 6.45) is 2.53. The molecular formula is C16H22N2O2. The first-order valence-electron chi connectivity index (χ1n) is 7.44. The molecule has 0 aliphatic carbocycles. The second kappa shape index (κ2) is 5.09. The van der Waals surface area contributed by atoms with Crippen molar-refractivity contribution < 1.29 is 9.90 Å². The van der Waals surface area contributed by atoms with Crippen molar-refractivity contribution in [2.24, 2.45) is 5.92 Å². The van der Waals surface area contributed by atoms with Crippen LogP contribution in [-0.2, 0) is 11.2 Å². The molecule has 2 N–H and O–H groups in total. The van der Waals surface area contributed by atoms with Crippen molar-refractivity contribution in [3.63, 3.8) is 0 Å². The van der Waals surface area contributed by atoms with Crippen LogP contribution in [0.15, 0.2) is 24.3 Å². The second-order valence-corrected chi connectivity index (χ2v) is 6.11. The molecule has 2 aliphatic heterocycles. The number of carbonyl (C=O) groups excluding carboxylic acids is 1. The molecular weight excluding hydrogens is 252 g/mol. The molecule has 1 fully saturated rings. The molecule has 0 radical (unpaired) electrons. The molecule has 1 aromatic carbocycles. The summed E-state index contributed by atoms with van der Waals surface area (Å²) < 4.78 is 0. The summed E-state index contributed by atoms with van der Waals surface area (Å²) in [6, 6.07) is 8.15. The summed E-state index contributed by atoms with van der Waals surface area (Å²) in [5, 5.41) is 13.5. The number of hydrogen-bond donors (Lipinski definition) is 2. The Morgan fingerprint density at radius 2 is 2.20 bits per heavy atom. The third-order valence-corrected chi connectivity index (χ3v) is 4.37. The maximum atomic E-state index is 12.5. The molecule has 1 aromatic rings. The fraction of sp³-hybridized carbons (Fsp3) is 0.562. The van der Waals surface area contributed by atoms with Gasteiger partial charge in [0.15, 0.2) is 0 Å². The first-order chi connectivity index (χ1) is 9.61. The molecule has 1 atom stereocenters. The van der Waals surface area contributed by atoms with Gasteiger partial charge in [-0.05, 0) is 24.5 Å². The van der Waals surface area contributed by atoms with E-state index in [1.165, 1.54) is 5.56 Å². The number of β-amino-alcohol motifs (C(OH)–C–C–N with tert-alkyl or cyclic N) is 1. The maximum absolute atomic E-state index is 12.5. The van der Waals surface area contributed by atoms with E-state index in [0.717, 1.165) is 24.9 Å². The summed E-state index contributed by atoms with van der Waals surface area (Å²) in [7, 11) is 0. The quantitative estimate of drug-likeness (QED) is 0.881. The average Bonchev–Trinajstić information content (AvgIpc) is 2.43. The van der Waals surface area contributed by atoms with Crippen LogP contribution in [0.5, 0.6) is 0 Å². The number of nitrogens with one attached hydrogen (secondary N) is 1. The summed E-state index contributed by atoms with van der Waals surface area (Å²) in [4.78, 5) is 14.3. The van der Waals surface area contributed by atoms with Crippen LogP contribution in [0, 0.1) is 5.92 Å². The van der Waals surface area contributed by atoms with Gasteiger partial charge in [0.1, 0.15) is 0 Å². The van der Waals surface area contributed by atoms with Crippen molar-refractivity contribution >= 4 is 11.6 Å². The average molecular weight is 274 g/mol. The standard InChI is InChI=1S/C16H22N2O2/c1-2-7-16(20)10-18(11-16)15(19)13-8-12-5-3-4-6-14(12)17-9-13/h3-6,13,17,20H,2,7-11H2,1H3. The number of fused-ring (bicyclic) bond motifs is 1. The van der Waals surface area contributed by atoms with Gasteiger partial charge in [0.05, 0.1) is 24.6 Å². The lowest BCUT2D eigenvalue weighted by atomic mass is 9.86. The fourth-order valence-corrected chi connectivity index (χ4v) is 3.32. The van der Waals surface area contributed by atoms with Crippen LogP contribution in [0.25, 0.3) is 0 Å². The Kier molecular flexibility index (Phi) is 3.42. The Balaban J connectivity index is 1.61. The molecule has 1 unspecified atom stereocenters. The third-order valence-electron chi connectivity index (χ3n) is 4.37. The van der Waals surface area contributed by atoms with Crippen molar-refractivity contribution in [3.8, 4) is 0 Å². The zero-order valence-electron chi connectivity index (χ0n) is 11.9. The van der Waals surface area contributed by atoms with Gasteiger partial charge in [-0.3, -0.25) is 4.79 Å². The Morgan fingerprint density at radius 1 is 1.45 bits per heavy atom. The predicted octanol–water partition coefficient (Wildman–Crippen LogP) is 1.64. The summed E-state index contributed by atoms with van der Waals surface area (Å²) in [6.45, 7) is 3.75. The van der Waals surface area contributed by atoms with Crippen molar-refractivity contribution in [1.29, 1.82) is 0 Å². The van der Waals surface area contributed by atoms with Crippen LogP contribution < -0.4 is 5.32 Å². The normalized spacial score (nSPS) is 23.5. The molecule has 0 spiro atoms. The molecule has 108 valence electrons. The predicted molar refractivity (Wildman–Crippen MR) is 78.6 cm³/mol. The van der Waals surface area contributed by atoms with Gasteiger partial charge < -0.3 is 15.3 Å². The van der Waals surface area contributed by atoms with Gasteiger partial charge in [-0.1, -0.05) is 31.5 Å². The smallest absolute Gasteiger partial charge is 0.228 e. The summed E-state index contributed by atoms with van der Waals surface area (Å²) >= 11 is 0. The Bertz CT molecular complexity index is 509. The highest BCUT2D eigenvalue weighted by molar-refractivity contribution is 5.82. The van der Waals surface area contributed by atoms with Crippen molar-refractivity contribution in [1.82, 2.24) is 4.90 Å². The number of rotatable bonds is 3. The van der Waals surface area contributed by atoms with E-state index in [0.29, 0.717) is 19.6 Å². The zero-order chi connectivity index (χ0) is 14.2. The van der Waals surface area contributed by atoms with Crippen molar-refractivity contribution in [2.45, 2.75) is 31.8 Å². The third kappa shape index (κ3) is 2.40. The number of likely N-dealkylation sites (tertiary alicyclic amines) is 1. The Hall–Kier alpha value is -1.55. The monoisotopic (exact) mass is 274 g/mol. The van der Waals surface area contributed by atoms with E-state index in [-0.39, 0.29) is 11.8 Å². The minimum absolute atomic E-state index is 0.00363. The lowest BCUT2D eigenvalue weighted by Gasteiger charge is -2.48. The molecule has 4 heteroatoms. The Morgan fingerprint density at radius 3 is 2.95 bits per heavy atom. The number of para-hydroxylation sites is 1. The van der Waals surface area contributed by atoms with Crippen LogP contribution in [0.3, 0.4) is 0 Å². The number of amides is 1. The van der Waals surface area contributed by atoms with Gasteiger partial charge >= 0.3 is 0 Å². The van der Waals surface area contributed by atoms with E-state index in [1.807, 2.05) is 12.1 Å². The number of carbonyl (C=O) groups is 1. The van der Waals surface area contributed by atoms with Gasteiger partial charge in [0.25, 0.3) is 0 Å². The Labute approximate surface area is 119 Å². The van der Waals surface area contributed by atoms with Crippen molar-refractivity contribution in [3.05, 3.63) is 29.8 Å². The van der Waals surface area contributed by atoms with E-state index in [4.69, 9.17) is 0 Å². The number of hydrogen-bond acceptors (Lipinski definition) is 3. The van der Waals surface area contributed by atoms with Crippen LogP contribution in [0.2, 0.25) is 0 Å². The number of anilines is 1. The van der Waals surface area contributed by atoms with Gasteiger partial charge in [0.2, 0.25) is 5.91 Å². The van der Waals surface area contributed by atoms with Gasteiger partial charge in [0, 0.05) is 12.2 Å². The topological polar surface area (TPSA) is 52.6 Å². The minimum atomic E-state index is -0.635. The van der Waals surface area contributed by atoms with E-state index in [9.17, 15) is 9.90 Å². The summed E-state index contributed by atoms with van der Waals surface area (Å²) in [5.74, 6) is 0.170. The van der Waals surface area contributed by atoms with E-state index >= 15 is 0 Å². The molecule has 3 rings (SSSR count). The molecule has 20 heavy (non-hydrogen) atoms. The van der Waals surface area contributed by atoms with Crippen LogP contribution >= 0.6 is 0 Å².